The van der Waals surface area contributed by atoms with Crippen LogP contribution in [0.25, 0.3) is 5.65 Å². The topological polar surface area (TPSA) is 26.5 Å². The number of hydrogen-bond donors (Lipinski definition) is 0. The Hall–Kier alpha value is -1.88. The quantitative estimate of drug-likeness (QED) is 0.702. The Morgan fingerprint density at radius 3 is 2.68 bits per heavy atom. The van der Waals surface area contributed by atoms with Crippen LogP contribution in [0.1, 0.15) is 5.69 Å². The molecule has 0 radical (unpaired) electrons. The van der Waals surface area contributed by atoms with Crippen molar-refractivity contribution >= 4 is 21.6 Å². The van der Waals surface area contributed by atoms with Crippen LogP contribution in [0.15, 0.2) is 47.2 Å². The lowest BCUT2D eigenvalue weighted by Crippen LogP contribution is -1.95. The number of benzene rings is 1. The summed E-state index contributed by atoms with van der Waals surface area (Å²) in [5, 5.41) is 0. The SMILES string of the molecule is Cc1cn2cc(Br)c(Oc3ccccc3)c(F)c2n1. The van der Waals surface area contributed by atoms with Crippen molar-refractivity contribution < 1.29 is 9.13 Å². The molecule has 0 aliphatic rings. The summed E-state index contributed by atoms with van der Waals surface area (Å²) >= 11 is 3.32. The molecule has 1 aromatic carbocycles. The minimum Gasteiger partial charge on any atom is -0.453 e. The zero-order chi connectivity index (χ0) is 13.4. The average molecular weight is 321 g/mol. The number of imidazole rings is 1. The highest BCUT2D eigenvalue weighted by Gasteiger charge is 2.16. The summed E-state index contributed by atoms with van der Waals surface area (Å²) in [5.41, 5.74) is 1.01. The summed E-state index contributed by atoms with van der Waals surface area (Å²) < 4.78 is 22.1. The normalized spacial score (nSPS) is 10.9. The highest BCUT2D eigenvalue weighted by Crippen LogP contribution is 2.34. The van der Waals surface area contributed by atoms with Crippen molar-refractivity contribution in [2.45, 2.75) is 6.92 Å². The zero-order valence-corrected chi connectivity index (χ0v) is 11.7. The van der Waals surface area contributed by atoms with Gasteiger partial charge in [-0.1, -0.05) is 18.2 Å². The van der Waals surface area contributed by atoms with Crippen molar-refractivity contribution in [1.82, 2.24) is 9.38 Å². The van der Waals surface area contributed by atoms with Crippen LogP contribution in [0.4, 0.5) is 4.39 Å². The van der Waals surface area contributed by atoms with Crippen molar-refractivity contribution in [3.63, 3.8) is 0 Å². The predicted molar refractivity (Wildman–Crippen MR) is 74.1 cm³/mol. The molecule has 3 aromatic rings. The Balaban J connectivity index is 2.13. The molecule has 96 valence electrons. The van der Waals surface area contributed by atoms with Crippen molar-refractivity contribution in [3.05, 3.63) is 58.7 Å². The van der Waals surface area contributed by atoms with E-state index in [4.69, 9.17) is 4.74 Å². The van der Waals surface area contributed by atoms with E-state index < -0.39 is 5.82 Å². The van der Waals surface area contributed by atoms with E-state index in [2.05, 4.69) is 20.9 Å². The maximum atomic E-state index is 14.4. The monoisotopic (exact) mass is 320 g/mol. The fourth-order valence-corrected chi connectivity index (χ4v) is 2.34. The van der Waals surface area contributed by atoms with Crippen LogP contribution in [0.5, 0.6) is 11.5 Å². The third kappa shape index (κ3) is 2.21. The van der Waals surface area contributed by atoms with E-state index in [1.54, 1.807) is 28.9 Å². The van der Waals surface area contributed by atoms with E-state index in [0.717, 1.165) is 5.69 Å². The van der Waals surface area contributed by atoms with Gasteiger partial charge in [0.2, 0.25) is 5.82 Å². The number of aromatic nitrogens is 2. The van der Waals surface area contributed by atoms with E-state index >= 15 is 0 Å². The molecule has 0 spiro atoms. The van der Waals surface area contributed by atoms with E-state index in [1.807, 2.05) is 25.1 Å². The Morgan fingerprint density at radius 2 is 1.95 bits per heavy atom. The van der Waals surface area contributed by atoms with Gasteiger partial charge in [-0.3, -0.25) is 0 Å². The first kappa shape index (κ1) is 12.2. The lowest BCUT2D eigenvalue weighted by atomic mass is 10.3. The molecule has 0 aliphatic heterocycles. The summed E-state index contributed by atoms with van der Waals surface area (Å²) in [7, 11) is 0. The van der Waals surface area contributed by atoms with Gasteiger partial charge in [-0.15, -0.1) is 0 Å². The second-order valence-electron chi connectivity index (χ2n) is 4.15. The molecule has 19 heavy (non-hydrogen) atoms. The van der Waals surface area contributed by atoms with Crippen molar-refractivity contribution in [2.75, 3.05) is 0 Å². The van der Waals surface area contributed by atoms with Crippen LogP contribution < -0.4 is 4.74 Å². The third-order valence-corrected chi connectivity index (χ3v) is 3.25. The number of aryl methyl sites for hydroxylation is 1. The minimum atomic E-state index is -0.480. The van der Waals surface area contributed by atoms with Crippen LogP contribution in [-0.4, -0.2) is 9.38 Å². The molecule has 0 atom stereocenters. The van der Waals surface area contributed by atoms with Crippen molar-refractivity contribution in [1.29, 1.82) is 0 Å². The number of nitrogens with zero attached hydrogens (tertiary/aromatic N) is 2. The largest absolute Gasteiger partial charge is 0.453 e. The standard InChI is InChI=1S/C14H10BrFN2O/c1-9-7-18-8-11(15)13(12(16)14(18)17-9)19-10-5-3-2-4-6-10/h2-8H,1H3. The summed E-state index contributed by atoms with van der Waals surface area (Å²) in [6.45, 7) is 1.82. The molecule has 0 amide bonds. The first-order chi connectivity index (χ1) is 9.15. The molecule has 0 N–H and O–H groups in total. The molecular formula is C14H10BrFN2O. The Labute approximate surface area is 117 Å². The maximum Gasteiger partial charge on any atom is 0.209 e. The van der Waals surface area contributed by atoms with Crippen molar-refractivity contribution in [3.8, 4) is 11.5 Å². The molecule has 0 aliphatic carbocycles. The van der Waals surface area contributed by atoms with Gasteiger partial charge < -0.3 is 9.14 Å². The number of hydrogen-bond acceptors (Lipinski definition) is 2. The fourth-order valence-electron chi connectivity index (χ4n) is 1.86. The average Bonchev–Trinajstić information content (AvgIpc) is 2.76. The first-order valence-electron chi connectivity index (χ1n) is 5.71. The molecule has 3 nitrogen and oxygen atoms in total. The fraction of sp³-hybridized carbons (Fsp3) is 0.0714. The van der Waals surface area contributed by atoms with E-state index in [0.29, 0.717) is 10.2 Å². The highest BCUT2D eigenvalue weighted by atomic mass is 79.9. The molecule has 2 heterocycles. The van der Waals surface area contributed by atoms with Gasteiger partial charge in [-0.2, -0.15) is 4.39 Å². The summed E-state index contributed by atoms with van der Waals surface area (Å²) in [5.74, 6) is 0.241. The molecule has 2 aromatic heterocycles. The Morgan fingerprint density at radius 1 is 1.21 bits per heavy atom. The predicted octanol–water partition coefficient (Wildman–Crippen LogP) is 4.34. The van der Waals surface area contributed by atoms with Gasteiger partial charge in [0.1, 0.15) is 5.75 Å². The molecule has 0 saturated carbocycles. The number of rotatable bonds is 2. The molecule has 3 rings (SSSR count). The highest BCUT2D eigenvalue weighted by molar-refractivity contribution is 9.10. The van der Waals surface area contributed by atoms with Crippen LogP contribution in [0.3, 0.4) is 0 Å². The molecule has 0 bridgehead atoms. The second-order valence-corrected chi connectivity index (χ2v) is 5.00. The van der Waals surface area contributed by atoms with Crippen LogP contribution in [0, 0.1) is 12.7 Å². The molecule has 0 unspecified atom stereocenters. The second kappa shape index (κ2) is 4.66. The van der Waals surface area contributed by atoms with Gasteiger partial charge in [0, 0.05) is 12.4 Å². The Bertz CT molecular complexity index is 740. The van der Waals surface area contributed by atoms with Gasteiger partial charge in [0.25, 0.3) is 0 Å². The maximum absolute atomic E-state index is 14.4. The van der Waals surface area contributed by atoms with E-state index in [-0.39, 0.29) is 11.4 Å². The van der Waals surface area contributed by atoms with E-state index in [9.17, 15) is 4.39 Å². The molecular weight excluding hydrogens is 311 g/mol. The molecule has 5 heteroatoms. The third-order valence-electron chi connectivity index (χ3n) is 2.68. The Kier molecular flexibility index (Phi) is 2.98. The van der Waals surface area contributed by atoms with Crippen LogP contribution in [0.2, 0.25) is 0 Å². The van der Waals surface area contributed by atoms with Gasteiger partial charge in [0.05, 0.1) is 10.2 Å². The number of ether oxygens (including phenoxy) is 1. The summed E-state index contributed by atoms with van der Waals surface area (Å²) in [6.07, 6.45) is 3.49. The lowest BCUT2D eigenvalue weighted by Gasteiger charge is -2.09. The van der Waals surface area contributed by atoms with E-state index in [1.165, 1.54) is 0 Å². The first-order valence-corrected chi connectivity index (χ1v) is 6.50. The number of para-hydroxylation sites is 1. The van der Waals surface area contributed by atoms with Gasteiger partial charge in [-0.05, 0) is 35.0 Å². The number of pyridine rings is 1. The summed E-state index contributed by atoms with van der Waals surface area (Å²) in [6, 6.07) is 9.08. The van der Waals surface area contributed by atoms with Crippen molar-refractivity contribution in [2.24, 2.45) is 0 Å². The molecule has 0 fully saturated rings. The molecule has 0 saturated heterocycles. The zero-order valence-electron chi connectivity index (χ0n) is 10.1. The van der Waals surface area contributed by atoms with Gasteiger partial charge in [-0.25, -0.2) is 4.98 Å². The smallest absolute Gasteiger partial charge is 0.209 e. The number of fused-ring (bicyclic) bond motifs is 1. The minimum absolute atomic E-state index is 0.143. The van der Waals surface area contributed by atoms with Gasteiger partial charge >= 0.3 is 0 Å². The van der Waals surface area contributed by atoms with Crippen LogP contribution >= 0.6 is 15.9 Å². The number of halogens is 2. The van der Waals surface area contributed by atoms with Crippen LogP contribution in [-0.2, 0) is 0 Å². The lowest BCUT2D eigenvalue weighted by molar-refractivity contribution is 0.439. The summed E-state index contributed by atoms with van der Waals surface area (Å²) in [4.78, 5) is 4.14. The van der Waals surface area contributed by atoms with Gasteiger partial charge in [0.15, 0.2) is 11.4 Å².